The van der Waals surface area contributed by atoms with Crippen LogP contribution in [0.5, 0.6) is 5.88 Å². The number of hydrogen-bond acceptors (Lipinski definition) is 5. The van der Waals surface area contributed by atoms with Crippen molar-refractivity contribution in [2.45, 2.75) is 19.8 Å². The maximum absolute atomic E-state index is 12.0. The van der Waals surface area contributed by atoms with Gasteiger partial charge < -0.3 is 10.1 Å². The minimum atomic E-state index is -0.311. The Balaban J connectivity index is 2.17. The molecule has 0 aliphatic carbocycles. The van der Waals surface area contributed by atoms with Gasteiger partial charge in [-0.15, -0.1) is 11.3 Å². The second-order valence-corrected chi connectivity index (χ2v) is 5.78. The van der Waals surface area contributed by atoms with Crippen LogP contribution in [0, 0.1) is 0 Å². The number of aromatic amines is 1. The first-order valence-electron chi connectivity index (χ1n) is 6.23. The van der Waals surface area contributed by atoms with E-state index in [9.17, 15) is 9.90 Å². The number of nitrogens with one attached hydrogen (secondary N) is 1. The van der Waals surface area contributed by atoms with Crippen LogP contribution < -0.4 is 5.56 Å². The molecule has 3 aromatic heterocycles. The fourth-order valence-electron chi connectivity index (χ4n) is 2.10. The number of pyridine rings is 1. The molecule has 102 valence electrons. The quantitative estimate of drug-likeness (QED) is 0.759. The summed E-state index contributed by atoms with van der Waals surface area (Å²) in [5, 5.41) is 11.9. The van der Waals surface area contributed by atoms with Crippen molar-refractivity contribution in [2.75, 3.05) is 0 Å². The summed E-state index contributed by atoms with van der Waals surface area (Å²) in [5.41, 5.74) is 1.58. The molecule has 2 N–H and O–H groups in total. The highest BCUT2D eigenvalue weighted by molar-refractivity contribution is 7.17. The number of aromatic hydroxyl groups is 1. The van der Waals surface area contributed by atoms with E-state index < -0.39 is 0 Å². The molecule has 0 saturated carbocycles. The maximum atomic E-state index is 12.0. The van der Waals surface area contributed by atoms with Gasteiger partial charge in [0, 0.05) is 11.8 Å². The number of aromatic nitrogens is 3. The Morgan fingerprint density at radius 1 is 1.40 bits per heavy atom. The normalized spacial score (nSPS) is 11.3. The summed E-state index contributed by atoms with van der Waals surface area (Å²) in [4.78, 5) is 23.1. The summed E-state index contributed by atoms with van der Waals surface area (Å²) < 4.78 is 1.01. The molecule has 0 bridgehead atoms. The predicted molar refractivity (Wildman–Crippen MR) is 79.2 cm³/mol. The molecule has 0 spiro atoms. The van der Waals surface area contributed by atoms with E-state index >= 15 is 0 Å². The molecule has 0 aliphatic rings. The van der Waals surface area contributed by atoms with E-state index in [-0.39, 0.29) is 17.4 Å². The number of fused-ring (bicyclic) bond motifs is 1. The smallest absolute Gasteiger partial charge is 0.258 e. The average molecular weight is 287 g/mol. The standard InChI is InChI=1S/C14H13N3O2S/c1-7(2)11-13(18)16-12(17-14(11)19)8-5-10-9(15-6-8)3-4-20-10/h3-7H,1-2H3,(H2,16,17,18,19). The third kappa shape index (κ3) is 2.08. The van der Waals surface area contributed by atoms with Crippen molar-refractivity contribution in [3.8, 4) is 17.3 Å². The number of nitrogens with zero attached hydrogens (tertiary/aromatic N) is 2. The summed E-state index contributed by atoms with van der Waals surface area (Å²) in [6.07, 6.45) is 1.64. The van der Waals surface area contributed by atoms with Crippen LogP contribution in [0.1, 0.15) is 25.3 Å². The van der Waals surface area contributed by atoms with Crippen molar-refractivity contribution in [3.63, 3.8) is 0 Å². The van der Waals surface area contributed by atoms with Crippen molar-refractivity contribution < 1.29 is 5.11 Å². The van der Waals surface area contributed by atoms with Crippen molar-refractivity contribution in [1.29, 1.82) is 0 Å². The molecule has 0 aromatic carbocycles. The number of thiophene rings is 1. The van der Waals surface area contributed by atoms with Crippen molar-refractivity contribution >= 4 is 21.6 Å². The number of rotatable bonds is 2. The lowest BCUT2D eigenvalue weighted by molar-refractivity contribution is 0.440. The van der Waals surface area contributed by atoms with Gasteiger partial charge in [0.05, 0.1) is 15.8 Å². The molecule has 3 rings (SSSR count). The number of H-pyrrole nitrogens is 1. The van der Waals surface area contributed by atoms with Gasteiger partial charge in [0.15, 0.2) is 0 Å². The Kier molecular flexibility index (Phi) is 3.02. The third-order valence-corrected chi connectivity index (χ3v) is 3.94. The zero-order valence-electron chi connectivity index (χ0n) is 11.0. The molecular weight excluding hydrogens is 274 g/mol. The van der Waals surface area contributed by atoms with E-state index in [1.165, 1.54) is 0 Å². The minimum Gasteiger partial charge on any atom is -0.493 e. The molecule has 0 aliphatic heterocycles. The molecule has 0 fully saturated rings. The largest absolute Gasteiger partial charge is 0.493 e. The minimum absolute atomic E-state index is 0.0850. The Bertz CT molecular complexity index is 836. The molecule has 0 unspecified atom stereocenters. The molecule has 3 aromatic rings. The van der Waals surface area contributed by atoms with Crippen LogP contribution in [0.4, 0.5) is 0 Å². The molecule has 0 radical (unpaired) electrons. The molecule has 0 atom stereocenters. The van der Waals surface area contributed by atoms with E-state index in [0.717, 1.165) is 10.2 Å². The Morgan fingerprint density at radius 2 is 2.20 bits per heavy atom. The first-order valence-corrected chi connectivity index (χ1v) is 7.11. The highest BCUT2D eigenvalue weighted by Crippen LogP contribution is 2.26. The zero-order chi connectivity index (χ0) is 14.3. The Labute approximate surface area is 119 Å². The van der Waals surface area contributed by atoms with Crippen molar-refractivity contribution in [1.82, 2.24) is 15.0 Å². The highest BCUT2D eigenvalue weighted by Gasteiger charge is 2.15. The zero-order valence-corrected chi connectivity index (χ0v) is 11.9. The molecule has 3 heterocycles. The molecule has 0 saturated heterocycles. The first-order chi connectivity index (χ1) is 9.56. The van der Waals surface area contributed by atoms with Crippen molar-refractivity contribution in [3.05, 3.63) is 39.6 Å². The number of hydrogen-bond donors (Lipinski definition) is 2. The molecular formula is C14H13N3O2S. The molecule has 6 heteroatoms. The van der Waals surface area contributed by atoms with Gasteiger partial charge in [0.2, 0.25) is 5.88 Å². The second-order valence-electron chi connectivity index (χ2n) is 4.83. The topological polar surface area (TPSA) is 78.9 Å². The molecule has 0 amide bonds. The van der Waals surface area contributed by atoms with E-state index in [1.54, 1.807) is 17.5 Å². The van der Waals surface area contributed by atoms with Crippen LogP contribution in [0.3, 0.4) is 0 Å². The van der Waals surface area contributed by atoms with Crippen LogP contribution in [0.25, 0.3) is 21.6 Å². The fourth-order valence-corrected chi connectivity index (χ4v) is 2.88. The van der Waals surface area contributed by atoms with Crippen LogP contribution in [0.15, 0.2) is 28.5 Å². The summed E-state index contributed by atoms with van der Waals surface area (Å²) >= 11 is 1.57. The van der Waals surface area contributed by atoms with Gasteiger partial charge in [-0.2, -0.15) is 4.98 Å². The third-order valence-electron chi connectivity index (χ3n) is 3.09. The SMILES string of the molecule is CC(C)c1c(O)nc(-c2cnc3ccsc3c2)[nH]c1=O. The van der Waals surface area contributed by atoms with E-state index in [0.29, 0.717) is 17.0 Å². The van der Waals surface area contributed by atoms with E-state index in [2.05, 4.69) is 15.0 Å². The monoisotopic (exact) mass is 287 g/mol. The highest BCUT2D eigenvalue weighted by atomic mass is 32.1. The van der Waals surface area contributed by atoms with E-state index in [1.807, 2.05) is 31.4 Å². The molecule has 20 heavy (non-hydrogen) atoms. The first kappa shape index (κ1) is 12.8. The fraction of sp³-hybridized carbons (Fsp3) is 0.214. The van der Waals surface area contributed by atoms with Gasteiger partial charge in [0.25, 0.3) is 5.56 Å². The van der Waals surface area contributed by atoms with Crippen LogP contribution in [-0.4, -0.2) is 20.1 Å². The lowest BCUT2D eigenvalue weighted by Gasteiger charge is -2.08. The second kappa shape index (κ2) is 4.72. The van der Waals surface area contributed by atoms with Gasteiger partial charge >= 0.3 is 0 Å². The maximum Gasteiger partial charge on any atom is 0.258 e. The Hall–Kier alpha value is -2.21. The van der Waals surface area contributed by atoms with Crippen LogP contribution in [-0.2, 0) is 0 Å². The van der Waals surface area contributed by atoms with Gasteiger partial charge in [-0.05, 0) is 23.4 Å². The average Bonchev–Trinajstić information content (AvgIpc) is 2.84. The lowest BCUT2D eigenvalue weighted by atomic mass is 10.1. The summed E-state index contributed by atoms with van der Waals surface area (Å²) in [5.74, 6) is 0.0305. The van der Waals surface area contributed by atoms with Gasteiger partial charge in [0.1, 0.15) is 5.82 Å². The molecule has 5 nitrogen and oxygen atoms in total. The van der Waals surface area contributed by atoms with Gasteiger partial charge in [-0.3, -0.25) is 9.78 Å². The summed E-state index contributed by atoms with van der Waals surface area (Å²) in [6.45, 7) is 3.68. The Morgan fingerprint density at radius 3 is 2.90 bits per heavy atom. The lowest BCUT2D eigenvalue weighted by Crippen LogP contribution is -2.16. The predicted octanol–water partition coefficient (Wildman–Crippen LogP) is 2.88. The van der Waals surface area contributed by atoms with E-state index in [4.69, 9.17) is 0 Å². The summed E-state index contributed by atoms with van der Waals surface area (Å²) in [7, 11) is 0. The van der Waals surface area contributed by atoms with Gasteiger partial charge in [-0.1, -0.05) is 13.8 Å². The van der Waals surface area contributed by atoms with Crippen LogP contribution >= 0.6 is 11.3 Å². The van der Waals surface area contributed by atoms with Crippen LogP contribution in [0.2, 0.25) is 0 Å². The van der Waals surface area contributed by atoms with Crippen molar-refractivity contribution in [2.24, 2.45) is 0 Å². The van der Waals surface area contributed by atoms with Gasteiger partial charge in [-0.25, -0.2) is 0 Å². The summed E-state index contributed by atoms with van der Waals surface area (Å²) in [6, 6.07) is 3.83.